The molecule has 0 aromatic rings. The van der Waals surface area contributed by atoms with Crippen molar-refractivity contribution in [2.24, 2.45) is 0 Å². The van der Waals surface area contributed by atoms with E-state index < -0.39 is 75.7 Å². The second kappa shape index (κ2) is 34.7. The molecule has 7 unspecified atom stereocenters. The van der Waals surface area contributed by atoms with Crippen LogP contribution in [-0.4, -0.2) is 98.3 Å². The molecule has 0 radical (unpaired) electrons. The maximum Gasteiger partial charge on any atom is 0.472 e. The van der Waals surface area contributed by atoms with E-state index in [9.17, 15) is 44.6 Å². The lowest BCUT2D eigenvalue weighted by molar-refractivity contribution is -0.220. The number of carbonyl (C=O) groups is 2. The number of aliphatic hydroxyl groups excluding tert-OH is 5. The normalized spacial score (nSPS) is 23.2. The number of aliphatic hydroxyl groups is 5. The van der Waals surface area contributed by atoms with E-state index in [1.807, 2.05) is 24.3 Å². The molecule has 0 saturated heterocycles. The number of allylic oxidation sites excluding steroid dienone is 14. The molecule has 13 nitrogen and oxygen atoms in total. The SMILES string of the molecule is CC/C=C/C/C=C/C/C=C/C/C=C/C/C=C/CCCC(=O)OCC(COP(=O)(O)OC1C(O)C(O)C(O)[C@H](O)C1O)OC(=O)CC/C=C/C/C=C/CCCCCCCC. The summed E-state index contributed by atoms with van der Waals surface area (Å²) in [6.07, 6.45) is 31.0. The molecule has 59 heavy (non-hydrogen) atoms. The smallest absolute Gasteiger partial charge is 0.462 e. The van der Waals surface area contributed by atoms with Crippen molar-refractivity contribution >= 4 is 19.8 Å². The largest absolute Gasteiger partial charge is 0.472 e. The Labute approximate surface area is 352 Å². The van der Waals surface area contributed by atoms with Crippen molar-refractivity contribution in [2.45, 2.75) is 172 Å². The van der Waals surface area contributed by atoms with Crippen molar-refractivity contribution < 1.29 is 63.1 Å². The average Bonchev–Trinajstić information content (AvgIpc) is 3.21. The van der Waals surface area contributed by atoms with E-state index in [4.69, 9.17) is 18.5 Å². The lowest BCUT2D eigenvalue weighted by atomic mass is 9.85. The predicted octanol–water partition coefficient (Wildman–Crippen LogP) is 7.72. The molecule has 0 aromatic heterocycles. The highest BCUT2D eigenvalue weighted by atomic mass is 31.2. The van der Waals surface area contributed by atoms with Crippen molar-refractivity contribution in [1.29, 1.82) is 0 Å². The van der Waals surface area contributed by atoms with Gasteiger partial charge < -0.3 is 39.9 Å². The number of hydrogen-bond donors (Lipinski definition) is 6. The minimum atomic E-state index is -5.15. The van der Waals surface area contributed by atoms with E-state index in [-0.39, 0.29) is 12.8 Å². The van der Waals surface area contributed by atoms with E-state index in [0.717, 1.165) is 44.9 Å². The fourth-order valence-electron chi connectivity index (χ4n) is 5.79. The zero-order valence-electron chi connectivity index (χ0n) is 35.3. The van der Waals surface area contributed by atoms with Gasteiger partial charge in [-0.25, -0.2) is 4.57 Å². The van der Waals surface area contributed by atoms with Crippen molar-refractivity contribution in [3.8, 4) is 0 Å². The lowest BCUT2D eigenvalue weighted by Crippen LogP contribution is -2.64. The van der Waals surface area contributed by atoms with Crippen LogP contribution in [0.1, 0.15) is 129 Å². The highest BCUT2D eigenvalue weighted by Gasteiger charge is 2.51. The first-order chi connectivity index (χ1) is 28.4. The van der Waals surface area contributed by atoms with E-state index in [1.54, 1.807) is 0 Å². The number of hydrogen-bond acceptors (Lipinski definition) is 12. The van der Waals surface area contributed by atoms with Gasteiger partial charge in [-0.15, -0.1) is 0 Å². The van der Waals surface area contributed by atoms with Crippen LogP contribution in [-0.2, 0) is 32.7 Å². The summed E-state index contributed by atoms with van der Waals surface area (Å²) in [6, 6.07) is 0. The molecule has 0 spiro atoms. The van der Waals surface area contributed by atoms with Crippen molar-refractivity contribution in [2.75, 3.05) is 13.2 Å². The molecule has 0 aliphatic heterocycles. The zero-order valence-corrected chi connectivity index (χ0v) is 36.1. The molecule has 14 heteroatoms. The molecule has 1 rings (SSSR count). The number of unbranched alkanes of at least 4 members (excludes halogenated alkanes) is 7. The average molecular weight is 853 g/mol. The molecule has 336 valence electrons. The summed E-state index contributed by atoms with van der Waals surface area (Å²) >= 11 is 0. The third kappa shape index (κ3) is 27.5. The number of ether oxygens (including phenoxy) is 2. The summed E-state index contributed by atoms with van der Waals surface area (Å²) < 4.78 is 33.3. The van der Waals surface area contributed by atoms with Gasteiger partial charge >= 0.3 is 19.8 Å². The molecule has 1 saturated carbocycles. The van der Waals surface area contributed by atoms with Gasteiger partial charge in [0, 0.05) is 12.8 Å². The van der Waals surface area contributed by atoms with E-state index in [1.165, 1.54) is 38.5 Å². The second-order valence-corrected chi connectivity index (χ2v) is 15.9. The number of rotatable bonds is 33. The van der Waals surface area contributed by atoms with Gasteiger partial charge in [-0.2, -0.15) is 0 Å². The monoisotopic (exact) mass is 852 g/mol. The van der Waals surface area contributed by atoms with Gasteiger partial charge in [0.1, 0.15) is 43.2 Å². The second-order valence-electron chi connectivity index (χ2n) is 14.5. The Morgan fingerprint density at radius 3 is 1.54 bits per heavy atom. The van der Waals surface area contributed by atoms with E-state index >= 15 is 0 Å². The van der Waals surface area contributed by atoms with Gasteiger partial charge in [-0.05, 0) is 70.6 Å². The van der Waals surface area contributed by atoms with Crippen LogP contribution in [0.15, 0.2) is 85.1 Å². The van der Waals surface area contributed by atoms with Crippen molar-refractivity contribution in [3.05, 3.63) is 85.1 Å². The van der Waals surface area contributed by atoms with E-state index in [2.05, 4.69) is 74.6 Å². The van der Waals surface area contributed by atoms with Gasteiger partial charge in [0.25, 0.3) is 0 Å². The Hall–Kier alpha value is -2.97. The van der Waals surface area contributed by atoms with Crippen LogP contribution >= 0.6 is 7.82 Å². The van der Waals surface area contributed by atoms with Gasteiger partial charge in [-0.1, -0.05) is 131 Å². The number of carbonyl (C=O) groups excluding carboxylic acids is 2. The molecule has 0 aromatic carbocycles. The highest BCUT2D eigenvalue weighted by molar-refractivity contribution is 7.47. The molecular weight excluding hydrogens is 779 g/mol. The molecule has 1 fully saturated rings. The molecule has 8 atom stereocenters. The highest BCUT2D eigenvalue weighted by Crippen LogP contribution is 2.47. The number of esters is 2. The van der Waals surface area contributed by atoms with Crippen LogP contribution < -0.4 is 0 Å². The summed E-state index contributed by atoms with van der Waals surface area (Å²) in [4.78, 5) is 35.5. The van der Waals surface area contributed by atoms with Crippen LogP contribution in [0.2, 0.25) is 0 Å². The zero-order chi connectivity index (χ0) is 43.6. The Bertz CT molecular complexity index is 1360. The summed E-state index contributed by atoms with van der Waals surface area (Å²) in [7, 11) is -5.15. The van der Waals surface area contributed by atoms with Crippen LogP contribution in [0.3, 0.4) is 0 Å². The summed E-state index contributed by atoms with van der Waals surface area (Å²) in [5, 5.41) is 50.0. The fourth-order valence-corrected chi connectivity index (χ4v) is 6.76. The molecule has 0 heterocycles. The standard InChI is InChI=1S/C45H73O13P/c1-3-5-7-9-11-13-15-17-18-19-20-22-23-25-27-29-31-33-38(46)55-35-37(36-56-59(53,54)58-45-43(51)41(49)40(48)42(50)44(45)52)57-39(47)34-32-30-28-26-24-21-16-14-12-10-8-6-4-2/h5,7,11,13,17-18,20-22,24-25,27-28,30,37,40-45,48-52H,3-4,6,8-10,12,14-16,19,23,26,29,31-36H2,1-2H3,(H,53,54)/b7-5+,13-11+,18-17+,22-20+,24-21+,27-25+,30-28+/t37?,40?,41-,42?,43?,44?,45?/m0/s1. The third-order valence-electron chi connectivity index (χ3n) is 9.23. The Morgan fingerprint density at radius 2 is 1.00 bits per heavy atom. The maximum atomic E-state index is 12.8. The van der Waals surface area contributed by atoms with Crippen LogP contribution in [0.4, 0.5) is 0 Å². The van der Waals surface area contributed by atoms with E-state index in [0.29, 0.717) is 19.3 Å². The van der Waals surface area contributed by atoms with Crippen molar-refractivity contribution in [1.82, 2.24) is 0 Å². The van der Waals surface area contributed by atoms with Gasteiger partial charge in [0.2, 0.25) is 0 Å². The Kier molecular flexibility index (Phi) is 31.8. The van der Waals surface area contributed by atoms with Gasteiger partial charge in [0.15, 0.2) is 6.10 Å². The van der Waals surface area contributed by atoms with Crippen LogP contribution in [0.25, 0.3) is 0 Å². The summed E-state index contributed by atoms with van der Waals surface area (Å²) in [5.41, 5.74) is 0. The lowest BCUT2D eigenvalue weighted by Gasteiger charge is -2.41. The van der Waals surface area contributed by atoms with Crippen molar-refractivity contribution in [3.63, 3.8) is 0 Å². The maximum absolute atomic E-state index is 12.8. The first-order valence-corrected chi connectivity index (χ1v) is 22.9. The van der Waals surface area contributed by atoms with Gasteiger partial charge in [-0.3, -0.25) is 18.6 Å². The first kappa shape index (κ1) is 54.0. The quantitative estimate of drug-likeness (QED) is 0.0162. The minimum absolute atomic E-state index is 0.0263. The van der Waals surface area contributed by atoms with Crippen LogP contribution in [0, 0.1) is 0 Å². The number of phosphoric ester groups is 1. The molecule has 0 bridgehead atoms. The molecule has 0 amide bonds. The molecule has 1 aliphatic carbocycles. The Morgan fingerprint density at radius 1 is 0.542 bits per heavy atom. The molecule has 1 aliphatic rings. The first-order valence-electron chi connectivity index (χ1n) is 21.4. The third-order valence-corrected chi connectivity index (χ3v) is 10.2. The fraction of sp³-hybridized carbons (Fsp3) is 0.644. The molecular formula is C45H73O13P. The minimum Gasteiger partial charge on any atom is -0.462 e. The molecule has 6 N–H and O–H groups in total. The number of phosphoric acid groups is 1. The van der Waals surface area contributed by atoms with Crippen LogP contribution in [0.5, 0.6) is 0 Å². The summed E-state index contributed by atoms with van der Waals surface area (Å²) in [6.45, 7) is 3.04. The predicted molar refractivity (Wildman–Crippen MR) is 230 cm³/mol. The summed E-state index contributed by atoms with van der Waals surface area (Å²) in [5.74, 6) is -1.26. The topological polar surface area (TPSA) is 210 Å². The Balaban J connectivity index is 2.58. The van der Waals surface area contributed by atoms with Gasteiger partial charge in [0.05, 0.1) is 6.61 Å².